The summed E-state index contributed by atoms with van der Waals surface area (Å²) >= 11 is 0. The number of carbonyl (C=O) groups excluding carboxylic acids is 1. The highest BCUT2D eigenvalue weighted by molar-refractivity contribution is 5.88. The van der Waals surface area contributed by atoms with E-state index in [0.717, 1.165) is 30.5 Å². The molecular weight excluding hydrogens is 234 g/mol. The number of nitrogens with zero attached hydrogens (tertiary/aromatic N) is 1. The lowest BCUT2D eigenvalue weighted by Gasteiger charge is -2.30. The van der Waals surface area contributed by atoms with E-state index in [9.17, 15) is 4.79 Å². The Morgan fingerprint density at radius 2 is 1.89 bits per heavy atom. The van der Waals surface area contributed by atoms with Crippen molar-refractivity contribution in [3.8, 4) is 0 Å². The molecule has 19 heavy (non-hydrogen) atoms. The van der Waals surface area contributed by atoms with E-state index in [1.54, 1.807) is 0 Å². The molecule has 1 saturated carbocycles. The number of rotatable bonds is 0. The summed E-state index contributed by atoms with van der Waals surface area (Å²) in [6, 6.07) is 8.17. The molecule has 2 heteroatoms. The van der Waals surface area contributed by atoms with Gasteiger partial charge < -0.3 is 0 Å². The van der Waals surface area contributed by atoms with Gasteiger partial charge in [0.15, 0.2) is 0 Å². The van der Waals surface area contributed by atoms with Gasteiger partial charge in [0, 0.05) is 25.1 Å². The van der Waals surface area contributed by atoms with Crippen LogP contribution in [0.25, 0.3) is 0 Å². The fourth-order valence-electron chi connectivity index (χ4n) is 3.52. The molecule has 0 bridgehead atoms. The van der Waals surface area contributed by atoms with E-state index in [2.05, 4.69) is 17.1 Å². The normalized spacial score (nSPS) is 27.5. The summed E-state index contributed by atoms with van der Waals surface area (Å²) in [6.07, 6.45) is 8.43. The van der Waals surface area contributed by atoms with Gasteiger partial charge in [-0.15, -0.1) is 0 Å². The van der Waals surface area contributed by atoms with Gasteiger partial charge >= 0.3 is 0 Å². The van der Waals surface area contributed by atoms with Crippen LogP contribution in [0, 0.1) is 11.8 Å². The minimum atomic E-state index is 0.287. The predicted molar refractivity (Wildman–Crippen MR) is 77.7 cm³/mol. The van der Waals surface area contributed by atoms with Gasteiger partial charge in [-0.3, -0.25) is 9.79 Å². The van der Waals surface area contributed by atoms with E-state index in [4.69, 9.17) is 0 Å². The Morgan fingerprint density at radius 3 is 2.84 bits per heavy atom. The van der Waals surface area contributed by atoms with Crippen LogP contribution in [0.15, 0.2) is 29.3 Å². The Kier molecular flexibility index (Phi) is 3.77. The maximum absolute atomic E-state index is 12.6. The molecule has 1 heterocycles. The highest BCUT2D eigenvalue weighted by atomic mass is 16.1. The van der Waals surface area contributed by atoms with Crippen LogP contribution in [0.5, 0.6) is 0 Å². The molecule has 1 aromatic rings. The first-order valence-corrected chi connectivity index (χ1v) is 7.45. The van der Waals surface area contributed by atoms with Crippen molar-refractivity contribution in [2.75, 3.05) is 6.54 Å². The van der Waals surface area contributed by atoms with Crippen LogP contribution in [-0.4, -0.2) is 18.5 Å². The van der Waals surface area contributed by atoms with Crippen molar-refractivity contribution >= 4 is 12.0 Å². The summed E-state index contributed by atoms with van der Waals surface area (Å²) in [5.74, 6) is 1.31. The van der Waals surface area contributed by atoms with Crippen LogP contribution < -0.4 is 0 Å². The number of hydrogen-bond donors (Lipinski definition) is 0. The summed E-state index contributed by atoms with van der Waals surface area (Å²) in [7, 11) is 0. The van der Waals surface area contributed by atoms with Gasteiger partial charge in [0.25, 0.3) is 0 Å². The van der Waals surface area contributed by atoms with Crippen LogP contribution in [-0.2, 0) is 11.2 Å². The van der Waals surface area contributed by atoms with E-state index < -0.39 is 0 Å². The zero-order chi connectivity index (χ0) is 13.1. The number of carbonyl (C=O) groups is 1. The molecule has 0 amide bonds. The smallest absolute Gasteiger partial charge is 0.140 e. The molecule has 2 nitrogen and oxygen atoms in total. The second-order valence-corrected chi connectivity index (χ2v) is 5.82. The second-order valence-electron chi connectivity index (χ2n) is 5.82. The zero-order valence-corrected chi connectivity index (χ0v) is 11.3. The van der Waals surface area contributed by atoms with Crippen molar-refractivity contribution in [2.24, 2.45) is 16.8 Å². The highest BCUT2D eigenvalue weighted by Crippen LogP contribution is 2.34. The van der Waals surface area contributed by atoms with Gasteiger partial charge in [-0.25, -0.2) is 0 Å². The molecule has 0 spiro atoms. The van der Waals surface area contributed by atoms with Crippen LogP contribution in [0.3, 0.4) is 0 Å². The Labute approximate surface area is 114 Å². The zero-order valence-electron chi connectivity index (χ0n) is 11.3. The molecule has 1 unspecified atom stereocenters. The largest absolute Gasteiger partial charge is 0.299 e. The van der Waals surface area contributed by atoms with E-state index in [-0.39, 0.29) is 5.92 Å². The van der Waals surface area contributed by atoms with E-state index in [1.807, 2.05) is 18.3 Å². The molecule has 1 fully saturated rings. The minimum absolute atomic E-state index is 0.287. The first-order valence-electron chi connectivity index (χ1n) is 7.45. The van der Waals surface area contributed by atoms with Crippen molar-refractivity contribution < 1.29 is 4.79 Å². The molecule has 2 atom stereocenters. The highest BCUT2D eigenvalue weighted by Gasteiger charge is 2.30. The molecular formula is C17H21NO. The standard InChI is InChI=1S/C17H21NO/c19-17-11-14-6-1-2-7-15(14)12-18-10-9-13-5-3-4-8-16(13)17/h1-2,6-7,12-13,16H,3-5,8-11H2/t13-,16?/m1/s1. The average Bonchev–Trinajstić information content (AvgIpc) is 2.45. The summed E-state index contributed by atoms with van der Waals surface area (Å²) in [6.45, 7) is 0.864. The fraction of sp³-hybridized carbons (Fsp3) is 0.529. The average molecular weight is 255 g/mol. The molecule has 1 aliphatic heterocycles. The SMILES string of the molecule is O=C1Cc2ccccc2C=NCC[C@H]2CCCCC12. The Hall–Kier alpha value is -1.44. The van der Waals surface area contributed by atoms with E-state index in [0.29, 0.717) is 18.1 Å². The Bertz CT molecular complexity index is 492. The third-order valence-electron chi connectivity index (χ3n) is 4.60. The topological polar surface area (TPSA) is 29.4 Å². The van der Waals surface area contributed by atoms with Crippen LogP contribution in [0.1, 0.15) is 43.2 Å². The number of hydrogen-bond acceptors (Lipinski definition) is 2. The number of Topliss-reactive ketones (excluding diaryl/α,β-unsaturated/α-hetero) is 1. The van der Waals surface area contributed by atoms with E-state index >= 15 is 0 Å². The molecule has 100 valence electrons. The maximum atomic E-state index is 12.6. The predicted octanol–water partition coefficient (Wildman–Crippen LogP) is 3.43. The Balaban J connectivity index is 1.90. The second kappa shape index (κ2) is 5.68. The van der Waals surface area contributed by atoms with Crippen LogP contribution in [0.2, 0.25) is 0 Å². The molecule has 1 aromatic carbocycles. The van der Waals surface area contributed by atoms with Gasteiger partial charge in [-0.1, -0.05) is 37.1 Å². The monoisotopic (exact) mass is 255 g/mol. The summed E-state index contributed by atoms with van der Waals surface area (Å²) in [5, 5.41) is 0. The lowest BCUT2D eigenvalue weighted by Crippen LogP contribution is -2.29. The molecule has 3 rings (SSSR count). The third kappa shape index (κ3) is 2.78. The van der Waals surface area contributed by atoms with E-state index in [1.165, 1.54) is 19.3 Å². The molecule has 1 aliphatic carbocycles. The van der Waals surface area contributed by atoms with Crippen LogP contribution in [0.4, 0.5) is 0 Å². The van der Waals surface area contributed by atoms with Crippen LogP contribution >= 0.6 is 0 Å². The van der Waals surface area contributed by atoms with Crippen molar-refractivity contribution in [2.45, 2.75) is 38.5 Å². The van der Waals surface area contributed by atoms with Gasteiger partial charge in [0.2, 0.25) is 0 Å². The van der Waals surface area contributed by atoms with Crippen molar-refractivity contribution in [1.29, 1.82) is 0 Å². The van der Waals surface area contributed by atoms with Gasteiger partial charge in [-0.05, 0) is 36.3 Å². The Morgan fingerprint density at radius 1 is 1.05 bits per heavy atom. The third-order valence-corrected chi connectivity index (χ3v) is 4.60. The summed E-state index contributed by atoms with van der Waals surface area (Å²) < 4.78 is 0. The summed E-state index contributed by atoms with van der Waals surface area (Å²) in [4.78, 5) is 17.1. The molecule has 2 aliphatic rings. The number of aliphatic imine (C=N–C) groups is 1. The molecule has 0 aromatic heterocycles. The quantitative estimate of drug-likeness (QED) is 0.698. The number of fused-ring (bicyclic) bond motifs is 2. The van der Waals surface area contributed by atoms with Crippen molar-refractivity contribution in [1.82, 2.24) is 0 Å². The summed E-state index contributed by atoms with van der Waals surface area (Å²) in [5.41, 5.74) is 2.26. The molecule has 0 radical (unpaired) electrons. The molecule has 0 saturated heterocycles. The minimum Gasteiger partial charge on any atom is -0.299 e. The van der Waals surface area contributed by atoms with Gasteiger partial charge in [0.05, 0.1) is 0 Å². The molecule has 0 N–H and O–H groups in total. The fourth-order valence-corrected chi connectivity index (χ4v) is 3.52. The van der Waals surface area contributed by atoms with Crippen molar-refractivity contribution in [3.05, 3.63) is 35.4 Å². The van der Waals surface area contributed by atoms with Crippen molar-refractivity contribution in [3.63, 3.8) is 0 Å². The van der Waals surface area contributed by atoms with Gasteiger partial charge in [-0.2, -0.15) is 0 Å². The first-order chi connectivity index (χ1) is 9.34. The number of benzene rings is 1. The van der Waals surface area contributed by atoms with Gasteiger partial charge in [0.1, 0.15) is 5.78 Å². The lowest BCUT2D eigenvalue weighted by molar-refractivity contribution is -0.125. The number of ketones is 1. The lowest BCUT2D eigenvalue weighted by atomic mass is 9.74. The first kappa shape index (κ1) is 12.6. The maximum Gasteiger partial charge on any atom is 0.140 e.